The van der Waals surface area contributed by atoms with Crippen molar-refractivity contribution in [2.45, 2.75) is 38.1 Å². The lowest BCUT2D eigenvalue weighted by molar-refractivity contribution is -0.136. The van der Waals surface area contributed by atoms with Gasteiger partial charge >= 0.3 is 5.97 Å². The van der Waals surface area contributed by atoms with Crippen molar-refractivity contribution in [2.24, 2.45) is 0 Å². The molecule has 0 amide bonds. The van der Waals surface area contributed by atoms with Crippen LogP contribution in [0.4, 0.5) is 0 Å². The van der Waals surface area contributed by atoms with E-state index in [9.17, 15) is 4.79 Å². The van der Waals surface area contributed by atoms with Gasteiger partial charge in [0.15, 0.2) is 0 Å². The van der Waals surface area contributed by atoms with Crippen LogP contribution >= 0.6 is 11.6 Å². The predicted octanol–water partition coefficient (Wildman–Crippen LogP) is 2.28. The van der Waals surface area contributed by atoms with Crippen LogP contribution in [0.2, 0.25) is 5.15 Å². The van der Waals surface area contributed by atoms with Crippen LogP contribution in [0.25, 0.3) is 0 Å². The lowest BCUT2D eigenvalue weighted by atomic mass is 10.2. The summed E-state index contributed by atoms with van der Waals surface area (Å²) in [4.78, 5) is 10.6. The van der Waals surface area contributed by atoms with Crippen LogP contribution in [-0.2, 0) is 11.2 Å². The average Bonchev–Trinajstić information content (AvgIpc) is 2.76. The van der Waals surface area contributed by atoms with Crippen molar-refractivity contribution in [3.63, 3.8) is 0 Å². The maximum Gasteiger partial charge on any atom is 0.307 e. The third-order valence-electron chi connectivity index (χ3n) is 2.82. The van der Waals surface area contributed by atoms with E-state index in [1.54, 1.807) is 10.9 Å². The Kier molecular flexibility index (Phi) is 2.95. The fraction of sp³-hybridized carbons (Fsp3) is 0.600. The van der Waals surface area contributed by atoms with E-state index in [2.05, 4.69) is 5.10 Å². The molecule has 1 aromatic rings. The number of hydrogen-bond acceptors (Lipinski definition) is 2. The van der Waals surface area contributed by atoms with E-state index in [0.29, 0.717) is 16.8 Å². The van der Waals surface area contributed by atoms with Crippen molar-refractivity contribution in [3.05, 3.63) is 16.9 Å². The summed E-state index contributed by atoms with van der Waals surface area (Å²) in [5, 5.41) is 13.3. The Labute approximate surface area is 92.8 Å². The first-order chi connectivity index (χ1) is 7.18. The van der Waals surface area contributed by atoms with Gasteiger partial charge in [0.1, 0.15) is 5.15 Å². The van der Waals surface area contributed by atoms with Crippen LogP contribution in [0, 0.1) is 0 Å². The molecule has 4 nitrogen and oxygen atoms in total. The van der Waals surface area contributed by atoms with Gasteiger partial charge in [-0.1, -0.05) is 24.4 Å². The summed E-state index contributed by atoms with van der Waals surface area (Å²) < 4.78 is 1.77. The lowest BCUT2D eigenvalue weighted by Gasteiger charge is -2.10. The van der Waals surface area contributed by atoms with E-state index >= 15 is 0 Å². The molecule has 0 aliphatic heterocycles. The topological polar surface area (TPSA) is 55.1 Å². The highest BCUT2D eigenvalue weighted by Gasteiger charge is 2.21. The number of aliphatic carboxylic acids is 1. The predicted molar refractivity (Wildman–Crippen MR) is 56.1 cm³/mol. The summed E-state index contributed by atoms with van der Waals surface area (Å²) in [6, 6.07) is 0.361. The van der Waals surface area contributed by atoms with Gasteiger partial charge in [-0.2, -0.15) is 5.10 Å². The molecule has 82 valence electrons. The molecule has 1 heterocycles. The van der Waals surface area contributed by atoms with Crippen molar-refractivity contribution in [3.8, 4) is 0 Å². The number of hydrogen-bond donors (Lipinski definition) is 1. The summed E-state index contributed by atoms with van der Waals surface area (Å²) in [5.74, 6) is -0.872. The Hall–Kier alpha value is -1.03. The van der Waals surface area contributed by atoms with Crippen molar-refractivity contribution in [1.29, 1.82) is 0 Å². The molecule has 0 saturated heterocycles. The van der Waals surface area contributed by atoms with Crippen LogP contribution in [0.3, 0.4) is 0 Å². The number of aromatic nitrogens is 2. The SMILES string of the molecule is O=C(O)Cc1cnn(C2CCCC2)c1Cl. The molecule has 1 N–H and O–H groups in total. The number of carboxylic acids is 1. The first-order valence-corrected chi connectivity index (χ1v) is 5.50. The summed E-state index contributed by atoms with van der Waals surface area (Å²) >= 11 is 6.09. The maximum absolute atomic E-state index is 10.6. The van der Waals surface area contributed by atoms with E-state index < -0.39 is 5.97 Å². The van der Waals surface area contributed by atoms with Gasteiger partial charge in [0.05, 0.1) is 18.7 Å². The smallest absolute Gasteiger partial charge is 0.307 e. The van der Waals surface area contributed by atoms with Crippen LogP contribution in [0.15, 0.2) is 6.20 Å². The first-order valence-electron chi connectivity index (χ1n) is 5.12. The second-order valence-corrected chi connectivity index (χ2v) is 4.27. The zero-order valence-corrected chi connectivity index (χ0v) is 9.07. The van der Waals surface area contributed by atoms with Crippen molar-refractivity contribution >= 4 is 17.6 Å². The third kappa shape index (κ3) is 2.15. The molecule has 0 spiro atoms. The minimum absolute atomic E-state index is 0.0500. The van der Waals surface area contributed by atoms with Crippen LogP contribution < -0.4 is 0 Å². The van der Waals surface area contributed by atoms with Gasteiger partial charge in [-0.05, 0) is 12.8 Å². The Morgan fingerprint density at radius 2 is 2.27 bits per heavy atom. The Bertz CT molecular complexity index is 369. The van der Waals surface area contributed by atoms with Crippen LogP contribution in [-0.4, -0.2) is 20.9 Å². The van der Waals surface area contributed by atoms with Gasteiger partial charge in [-0.15, -0.1) is 0 Å². The van der Waals surface area contributed by atoms with Gasteiger partial charge in [0.2, 0.25) is 0 Å². The highest BCUT2D eigenvalue weighted by Crippen LogP contribution is 2.32. The highest BCUT2D eigenvalue weighted by molar-refractivity contribution is 6.30. The molecule has 1 aliphatic carbocycles. The quantitative estimate of drug-likeness (QED) is 0.864. The zero-order valence-electron chi connectivity index (χ0n) is 8.32. The molecule has 1 aromatic heterocycles. The fourth-order valence-electron chi connectivity index (χ4n) is 2.07. The van der Waals surface area contributed by atoms with Crippen molar-refractivity contribution in [1.82, 2.24) is 9.78 Å². The van der Waals surface area contributed by atoms with Gasteiger partial charge in [-0.3, -0.25) is 9.48 Å². The average molecular weight is 229 g/mol. The summed E-state index contributed by atoms with van der Waals surface area (Å²) in [5.41, 5.74) is 0.607. The van der Waals surface area contributed by atoms with Crippen molar-refractivity contribution in [2.75, 3.05) is 0 Å². The van der Waals surface area contributed by atoms with E-state index in [0.717, 1.165) is 12.8 Å². The lowest BCUT2D eigenvalue weighted by Crippen LogP contribution is -2.07. The molecule has 0 unspecified atom stereocenters. The van der Waals surface area contributed by atoms with E-state index in [4.69, 9.17) is 16.7 Å². The standard InChI is InChI=1S/C10H13ClN2O2/c11-10-7(5-9(14)15)6-12-13(10)8-3-1-2-4-8/h6,8H,1-5H2,(H,14,15). The summed E-state index contributed by atoms with van der Waals surface area (Å²) in [6.45, 7) is 0. The van der Waals surface area contributed by atoms with Crippen LogP contribution in [0.1, 0.15) is 37.3 Å². The fourth-order valence-corrected chi connectivity index (χ4v) is 2.37. The molecule has 0 atom stereocenters. The van der Waals surface area contributed by atoms with Gasteiger partial charge in [0, 0.05) is 5.56 Å². The molecule has 15 heavy (non-hydrogen) atoms. The number of halogens is 1. The molecule has 1 aliphatic rings. The van der Waals surface area contributed by atoms with Gasteiger partial charge in [-0.25, -0.2) is 0 Å². The summed E-state index contributed by atoms with van der Waals surface area (Å²) in [7, 11) is 0. The second-order valence-electron chi connectivity index (χ2n) is 3.91. The van der Waals surface area contributed by atoms with Gasteiger partial charge in [0.25, 0.3) is 0 Å². The summed E-state index contributed by atoms with van der Waals surface area (Å²) in [6.07, 6.45) is 6.10. The van der Waals surface area contributed by atoms with Crippen molar-refractivity contribution < 1.29 is 9.90 Å². The second kappa shape index (κ2) is 4.23. The zero-order chi connectivity index (χ0) is 10.8. The minimum atomic E-state index is -0.872. The molecular formula is C10H13ClN2O2. The third-order valence-corrected chi connectivity index (χ3v) is 3.23. The molecule has 5 heteroatoms. The van der Waals surface area contributed by atoms with E-state index in [-0.39, 0.29) is 6.42 Å². The highest BCUT2D eigenvalue weighted by atomic mass is 35.5. The minimum Gasteiger partial charge on any atom is -0.481 e. The number of nitrogens with zero attached hydrogens (tertiary/aromatic N) is 2. The molecule has 1 fully saturated rings. The van der Waals surface area contributed by atoms with E-state index in [1.807, 2.05) is 0 Å². The molecule has 0 radical (unpaired) electrons. The van der Waals surface area contributed by atoms with Gasteiger partial charge < -0.3 is 5.11 Å². The van der Waals surface area contributed by atoms with Crippen LogP contribution in [0.5, 0.6) is 0 Å². The Morgan fingerprint density at radius 1 is 1.60 bits per heavy atom. The molecular weight excluding hydrogens is 216 g/mol. The normalized spacial score (nSPS) is 17.1. The van der Waals surface area contributed by atoms with E-state index in [1.165, 1.54) is 12.8 Å². The molecule has 2 rings (SSSR count). The molecule has 0 bridgehead atoms. The largest absolute Gasteiger partial charge is 0.481 e. The Morgan fingerprint density at radius 3 is 2.87 bits per heavy atom. The monoisotopic (exact) mass is 228 g/mol. The maximum atomic E-state index is 10.6. The number of carbonyl (C=O) groups is 1. The molecule has 1 saturated carbocycles. The first kappa shape index (κ1) is 10.5. The number of rotatable bonds is 3. The molecule has 0 aromatic carbocycles. The Balaban J connectivity index is 2.18. The number of carboxylic acid groups (broad SMARTS) is 1.